The minimum absolute atomic E-state index is 0.0318. The van der Waals surface area contributed by atoms with E-state index in [2.05, 4.69) is 21.2 Å². The summed E-state index contributed by atoms with van der Waals surface area (Å²) in [5.41, 5.74) is 3.20. The fraction of sp³-hybridized carbons (Fsp3) is 0.391. The molecule has 0 bridgehead atoms. The zero-order valence-electron chi connectivity index (χ0n) is 17.7. The van der Waals surface area contributed by atoms with Crippen LogP contribution in [0, 0.1) is 0 Å². The number of benzene rings is 2. The summed E-state index contributed by atoms with van der Waals surface area (Å²) in [7, 11) is 1.63. The van der Waals surface area contributed by atoms with Gasteiger partial charge < -0.3 is 15.0 Å². The van der Waals surface area contributed by atoms with Gasteiger partial charge in [-0.15, -0.1) is 0 Å². The van der Waals surface area contributed by atoms with Crippen LogP contribution in [-0.2, 0) is 16.0 Å². The molecule has 2 rings (SSSR count). The Morgan fingerprint density at radius 2 is 1.66 bits per heavy atom. The molecule has 5 nitrogen and oxygen atoms in total. The van der Waals surface area contributed by atoms with Gasteiger partial charge in [-0.2, -0.15) is 0 Å². The maximum Gasteiger partial charge on any atom is 0.312 e. The third-order valence-corrected chi connectivity index (χ3v) is 5.22. The normalized spacial score (nSPS) is 10.9. The molecule has 0 saturated carbocycles. The van der Waals surface area contributed by atoms with E-state index in [1.54, 1.807) is 12.0 Å². The molecule has 2 aromatic rings. The highest BCUT2D eigenvalue weighted by Crippen LogP contribution is 2.28. The Balaban J connectivity index is 2.12. The molecule has 0 radical (unpaired) electrons. The van der Waals surface area contributed by atoms with Gasteiger partial charge in [0.15, 0.2) is 0 Å². The largest absolute Gasteiger partial charge is 0.497 e. The van der Waals surface area contributed by atoms with Crippen LogP contribution >= 0.6 is 15.9 Å². The van der Waals surface area contributed by atoms with Gasteiger partial charge in [-0.1, -0.05) is 34.1 Å². The molecule has 0 unspecified atom stereocenters. The lowest BCUT2D eigenvalue weighted by Crippen LogP contribution is -2.49. The number of carbonyl (C=O) groups is 2. The second-order valence-corrected chi connectivity index (χ2v) is 8.35. The van der Waals surface area contributed by atoms with Crippen LogP contribution in [0.15, 0.2) is 46.9 Å². The van der Waals surface area contributed by atoms with E-state index < -0.39 is 11.8 Å². The minimum Gasteiger partial charge on any atom is -0.497 e. The van der Waals surface area contributed by atoms with Gasteiger partial charge in [0.25, 0.3) is 0 Å². The van der Waals surface area contributed by atoms with Crippen LogP contribution < -0.4 is 10.1 Å². The van der Waals surface area contributed by atoms with Crippen LogP contribution in [0.3, 0.4) is 0 Å². The summed E-state index contributed by atoms with van der Waals surface area (Å²) in [6.45, 7) is 8.00. The van der Waals surface area contributed by atoms with Crippen LogP contribution in [0.1, 0.15) is 33.3 Å². The topological polar surface area (TPSA) is 58.6 Å². The van der Waals surface area contributed by atoms with Crippen molar-refractivity contribution in [2.75, 3.05) is 13.7 Å². The van der Waals surface area contributed by atoms with Crippen LogP contribution in [0.4, 0.5) is 0 Å². The van der Waals surface area contributed by atoms with Gasteiger partial charge in [-0.3, -0.25) is 9.59 Å². The van der Waals surface area contributed by atoms with Crippen LogP contribution in [-0.4, -0.2) is 42.5 Å². The van der Waals surface area contributed by atoms with E-state index in [1.165, 1.54) is 0 Å². The number of nitrogens with one attached hydrogen (secondary N) is 1. The lowest BCUT2D eigenvalue weighted by Gasteiger charge is -2.30. The van der Waals surface area contributed by atoms with Crippen LogP contribution in [0.2, 0.25) is 0 Å². The molecule has 29 heavy (non-hydrogen) atoms. The van der Waals surface area contributed by atoms with Crippen molar-refractivity contribution in [3.8, 4) is 16.9 Å². The van der Waals surface area contributed by atoms with Gasteiger partial charge in [0.1, 0.15) is 5.75 Å². The number of hydrogen-bond acceptors (Lipinski definition) is 3. The molecule has 2 aromatic carbocycles. The molecule has 0 heterocycles. The first-order chi connectivity index (χ1) is 13.7. The predicted molar refractivity (Wildman–Crippen MR) is 120 cm³/mol. The molecule has 0 aliphatic rings. The van der Waals surface area contributed by atoms with Crippen molar-refractivity contribution in [3.63, 3.8) is 0 Å². The lowest BCUT2D eigenvalue weighted by atomic mass is 9.97. The predicted octanol–water partition coefficient (Wildman–Crippen LogP) is 4.43. The molecular weight excluding hydrogens is 432 g/mol. The Kier molecular flexibility index (Phi) is 8.26. The molecule has 0 aliphatic heterocycles. The number of halogens is 1. The van der Waals surface area contributed by atoms with Crippen molar-refractivity contribution in [3.05, 3.63) is 52.5 Å². The Bertz CT molecular complexity index is 840. The summed E-state index contributed by atoms with van der Waals surface area (Å²) < 4.78 is 6.37. The van der Waals surface area contributed by atoms with E-state index in [0.29, 0.717) is 13.0 Å². The van der Waals surface area contributed by atoms with Crippen molar-refractivity contribution in [1.29, 1.82) is 0 Å². The number of methoxy groups -OCH3 is 1. The summed E-state index contributed by atoms with van der Waals surface area (Å²) in [5.74, 6) is -0.302. The summed E-state index contributed by atoms with van der Waals surface area (Å²) in [5, 5.41) is 2.77. The summed E-state index contributed by atoms with van der Waals surface area (Å²) in [4.78, 5) is 26.4. The third-order valence-electron chi connectivity index (χ3n) is 4.69. The first-order valence-electron chi connectivity index (χ1n) is 9.78. The van der Waals surface area contributed by atoms with Crippen molar-refractivity contribution in [1.82, 2.24) is 10.2 Å². The summed E-state index contributed by atoms with van der Waals surface area (Å²) >= 11 is 3.46. The molecule has 0 saturated heterocycles. The van der Waals surface area contributed by atoms with Crippen molar-refractivity contribution in [2.24, 2.45) is 0 Å². The van der Waals surface area contributed by atoms with Crippen molar-refractivity contribution in [2.45, 2.75) is 46.2 Å². The summed E-state index contributed by atoms with van der Waals surface area (Å²) in [6.07, 6.45) is 0.588. The van der Waals surface area contributed by atoms with Crippen molar-refractivity contribution < 1.29 is 14.3 Å². The summed E-state index contributed by atoms with van der Waals surface area (Å²) in [6, 6.07) is 13.9. The average molecular weight is 461 g/mol. The van der Waals surface area contributed by atoms with E-state index in [9.17, 15) is 9.59 Å². The van der Waals surface area contributed by atoms with E-state index in [0.717, 1.165) is 26.9 Å². The average Bonchev–Trinajstić information content (AvgIpc) is 2.68. The Hall–Kier alpha value is -2.34. The first-order valence-corrected chi connectivity index (χ1v) is 10.6. The van der Waals surface area contributed by atoms with Crippen LogP contribution in [0.5, 0.6) is 5.75 Å². The maximum atomic E-state index is 12.5. The zero-order chi connectivity index (χ0) is 21.6. The zero-order valence-corrected chi connectivity index (χ0v) is 19.2. The van der Waals surface area contributed by atoms with Gasteiger partial charge in [0.2, 0.25) is 0 Å². The molecule has 0 atom stereocenters. The number of carbonyl (C=O) groups excluding carboxylic acids is 2. The lowest BCUT2D eigenvalue weighted by molar-refractivity contribution is -0.148. The monoisotopic (exact) mass is 460 g/mol. The van der Waals surface area contributed by atoms with E-state index in [-0.39, 0.29) is 12.1 Å². The fourth-order valence-corrected chi connectivity index (χ4v) is 3.65. The minimum atomic E-state index is -0.569. The SMILES string of the molecule is COc1ccc(-c2ccc(Br)cc2)c(CCNC(=O)C(=O)N(C(C)C)C(C)C)c1. The van der Waals surface area contributed by atoms with Crippen LogP contribution in [0.25, 0.3) is 11.1 Å². The molecule has 1 N–H and O–H groups in total. The Morgan fingerprint density at radius 3 is 2.21 bits per heavy atom. The van der Waals surface area contributed by atoms with Crippen molar-refractivity contribution >= 4 is 27.7 Å². The Labute approximate surface area is 181 Å². The highest BCUT2D eigenvalue weighted by Gasteiger charge is 2.26. The second-order valence-electron chi connectivity index (χ2n) is 7.44. The highest BCUT2D eigenvalue weighted by atomic mass is 79.9. The Morgan fingerprint density at radius 1 is 1.03 bits per heavy atom. The van der Waals surface area contributed by atoms with Gasteiger partial charge in [0.05, 0.1) is 7.11 Å². The molecule has 6 heteroatoms. The van der Waals surface area contributed by atoms with Gasteiger partial charge in [-0.25, -0.2) is 0 Å². The van der Waals surface area contributed by atoms with Gasteiger partial charge in [-0.05, 0) is 75.1 Å². The molecule has 0 spiro atoms. The van der Waals surface area contributed by atoms with Gasteiger partial charge >= 0.3 is 11.8 Å². The number of rotatable bonds is 7. The van der Waals surface area contributed by atoms with E-state index in [1.807, 2.05) is 70.2 Å². The number of hydrogen-bond donors (Lipinski definition) is 1. The first kappa shape index (κ1) is 22.9. The van der Waals surface area contributed by atoms with E-state index in [4.69, 9.17) is 4.74 Å². The quantitative estimate of drug-likeness (QED) is 0.621. The number of amides is 2. The molecular formula is C23H29BrN2O3. The molecule has 0 aromatic heterocycles. The molecule has 2 amide bonds. The molecule has 0 aliphatic carbocycles. The number of ether oxygens (including phenoxy) is 1. The highest BCUT2D eigenvalue weighted by molar-refractivity contribution is 9.10. The molecule has 0 fully saturated rings. The molecule has 156 valence electrons. The van der Waals surface area contributed by atoms with E-state index >= 15 is 0 Å². The second kappa shape index (κ2) is 10.4. The van der Waals surface area contributed by atoms with Gasteiger partial charge in [0, 0.05) is 23.1 Å². The third kappa shape index (κ3) is 6.07. The standard InChI is InChI=1S/C23H29BrN2O3/c1-15(2)26(16(3)4)23(28)22(27)25-13-12-18-14-20(29-5)10-11-21(18)17-6-8-19(24)9-7-17/h6-11,14-16H,12-13H2,1-5H3,(H,25,27). The number of nitrogens with zero attached hydrogens (tertiary/aromatic N) is 1. The fourth-order valence-electron chi connectivity index (χ4n) is 3.38. The smallest absolute Gasteiger partial charge is 0.312 e. The maximum absolute atomic E-state index is 12.5.